The molecule has 1 aliphatic rings. The smallest absolute Gasteiger partial charge is 0.337 e. The van der Waals surface area contributed by atoms with Gasteiger partial charge in [-0.15, -0.1) is 0 Å². The van der Waals surface area contributed by atoms with Crippen LogP contribution in [0.4, 0.5) is 0 Å². The van der Waals surface area contributed by atoms with Gasteiger partial charge in [0.15, 0.2) is 5.75 Å². The third-order valence-electron chi connectivity index (χ3n) is 4.95. The number of carbonyl (C=O) groups excluding carboxylic acids is 1. The second kappa shape index (κ2) is 9.56. The van der Waals surface area contributed by atoms with Crippen LogP contribution in [-0.4, -0.2) is 25.5 Å². The molecule has 0 aromatic heterocycles. The second-order valence-corrected chi connectivity index (χ2v) is 9.40. The van der Waals surface area contributed by atoms with Gasteiger partial charge in [-0.1, -0.05) is 71.4 Å². The minimum atomic E-state index is -4.52. The predicted molar refractivity (Wildman–Crippen MR) is 123 cm³/mol. The Morgan fingerprint density at radius 1 is 1.00 bits per heavy atom. The van der Waals surface area contributed by atoms with E-state index in [-0.39, 0.29) is 15.8 Å². The highest BCUT2D eigenvalue weighted by Gasteiger charge is 2.23. The summed E-state index contributed by atoms with van der Waals surface area (Å²) >= 11 is 12.0. The van der Waals surface area contributed by atoms with Crippen molar-refractivity contribution in [2.75, 3.05) is 6.61 Å². The molecule has 6 nitrogen and oxygen atoms in total. The summed E-state index contributed by atoms with van der Waals surface area (Å²) < 4.78 is 42.9. The lowest BCUT2D eigenvalue weighted by atomic mass is 9.92. The zero-order valence-corrected chi connectivity index (χ0v) is 19.2. The van der Waals surface area contributed by atoms with Gasteiger partial charge < -0.3 is 9.47 Å². The average molecular weight is 503 g/mol. The second-order valence-electron chi connectivity index (χ2n) is 7.16. The van der Waals surface area contributed by atoms with Crippen LogP contribution in [0.15, 0.2) is 65.6 Å². The quantitative estimate of drug-likeness (QED) is 0.232. The van der Waals surface area contributed by atoms with E-state index in [1.807, 2.05) is 48.5 Å². The fraction of sp³-hybridized carbons (Fsp3) is 0.125. The van der Waals surface area contributed by atoms with E-state index in [4.69, 9.17) is 37.2 Å². The molecule has 168 valence electrons. The summed E-state index contributed by atoms with van der Waals surface area (Å²) in [5.74, 6) is 5.33. The van der Waals surface area contributed by atoms with E-state index in [9.17, 15) is 13.2 Å². The van der Waals surface area contributed by atoms with Crippen molar-refractivity contribution in [3.8, 4) is 17.6 Å². The molecule has 9 heteroatoms. The van der Waals surface area contributed by atoms with Gasteiger partial charge in [0.2, 0.25) is 0 Å². The molecule has 1 N–H and O–H groups in total. The summed E-state index contributed by atoms with van der Waals surface area (Å²) in [6.45, 7) is -0.415. The molecule has 4 rings (SSSR count). The molecule has 0 amide bonds. The Hall–Kier alpha value is -2.86. The number of fused-ring (bicyclic) bond motifs is 2. The lowest BCUT2D eigenvalue weighted by Crippen LogP contribution is -2.20. The van der Waals surface area contributed by atoms with E-state index < -0.39 is 33.7 Å². The fourth-order valence-electron chi connectivity index (χ4n) is 3.40. The lowest BCUT2D eigenvalue weighted by molar-refractivity contribution is -0.141. The molecule has 0 aliphatic heterocycles. The van der Waals surface area contributed by atoms with E-state index in [0.29, 0.717) is 6.42 Å². The molecule has 0 heterocycles. The molecule has 1 aliphatic carbocycles. The maximum atomic E-state index is 12.5. The van der Waals surface area contributed by atoms with Crippen molar-refractivity contribution in [2.24, 2.45) is 0 Å². The van der Waals surface area contributed by atoms with Crippen LogP contribution in [0.3, 0.4) is 0 Å². The van der Waals surface area contributed by atoms with E-state index in [2.05, 4.69) is 11.8 Å². The highest BCUT2D eigenvalue weighted by Crippen LogP contribution is 2.36. The molecule has 3 aromatic rings. The summed E-state index contributed by atoms with van der Waals surface area (Å²) in [5.41, 5.74) is 3.53. The normalized spacial score (nSPS) is 14.7. The van der Waals surface area contributed by atoms with Crippen LogP contribution in [0.2, 0.25) is 10.0 Å². The Bertz CT molecular complexity index is 1380. The molecule has 3 aromatic carbocycles. The van der Waals surface area contributed by atoms with Gasteiger partial charge in [0.05, 0.1) is 21.0 Å². The molecule has 0 bridgehead atoms. The SMILES string of the molecule is O=C(COC1Cc2ccccc2C#Cc2ccccc21)Oc1c(Cl)cc(S(=O)(=O)O)cc1Cl. The number of ether oxygens (including phenoxy) is 2. The monoisotopic (exact) mass is 502 g/mol. The average Bonchev–Trinajstić information content (AvgIpc) is 2.76. The van der Waals surface area contributed by atoms with E-state index in [0.717, 1.165) is 34.4 Å². The Kier molecular flexibility index (Phi) is 6.75. The molecule has 1 unspecified atom stereocenters. The summed E-state index contributed by atoms with van der Waals surface area (Å²) in [7, 11) is -4.52. The zero-order chi connectivity index (χ0) is 23.6. The minimum Gasteiger partial charge on any atom is -0.422 e. The van der Waals surface area contributed by atoms with Crippen molar-refractivity contribution in [2.45, 2.75) is 17.4 Å². The third-order valence-corrected chi connectivity index (χ3v) is 6.34. The molecule has 1 atom stereocenters. The van der Waals surface area contributed by atoms with Crippen molar-refractivity contribution in [1.29, 1.82) is 0 Å². The Labute approximate surface area is 200 Å². The van der Waals surface area contributed by atoms with Gasteiger partial charge >= 0.3 is 5.97 Å². The third kappa shape index (κ3) is 5.38. The first-order valence-electron chi connectivity index (χ1n) is 9.70. The number of benzene rings is 3. The van der Waals surface area contributed by atoms with Gasteiger partial charge in [0.1, 0.15) is 6.61 Å². The predicted octanol–water partition coefficient (Wildman–Crippen LogP) is 4.86. The molecular weight excluding hydrogens is 487 g/mol. The maximum Gasteiger partial charge on any atom is 0.337 e. The van der Waals surface area contributed by atoms with Crippen molar-refractivity contribution in [3.63, 3.8) is 0 Å². The van der Waals surface area contributed by atoms with Crippen molar-refractivity contribution >= 4 is 39.3 Å². The van der Waals surface area contributed by atoms with Crippen molar-refractivity contribution < 1.29 is 27.2 Å². The van der Waals surface area contributed by atoms with Crippen LogP contribution >= 0.6 is 23.2 Å². The largest absolute Gasteiger partial charge is 0.422 e. The number of hydrogen-bond acceptors (Lipinski definition) is 5. The standard InChI is InChI=1S/C24H16Cl2O6S/c25-20-12-18(33(28,29)30)13-21(26)24(20)32-23(27)14-31-22-11-17-7-2-1-5-15(17)9-10-16-6-3-4-8-19(16)22/h1-8,12-13,22H,11,14H2,(H,28,29,30). The van der Waals surface area contributed by atoms with Crippen molar-refractivity contribution in [3.05, 3.63) is 93.0 Å². The van der Waals surface area contributed by atoms with E-state index >= 15 is 0 Å². The van der Waals surface area contributed by atoms with Gasteiger partial charge in [-0.2, -0.15) is 8.42 Å². The van der Waals surface area contributed by atoms with E-state index in [1.54, 1.807) is 0 Å². The minimum absolute atomic E-state index is 0.228. The van der Waals surface area contributed by atoms with Crippen LogP contribution in [0.5, 0.6) is 5.75 Å². The summed E-state index contributed by atoms with van der Waals surface area (Å²) in [6, 6.07) is 17.1. The van der Waals surface area contributed by atoms with Gasteiger partial charge in [0, 0.05) is 17.5 Å². The van der Waals surface area contributed by atoms with Crippen LogP contribution < -0.4 is 4.74 Å². The number of esters is 1. The molecule has 0 saturated heterocycles. The van der Waals surface area contributed by atoms with Crippen LogP contribution in [0.1, 0.15) is 28.4 Å². The number of rotatable bonds is 5. The van der Waals surface area contributed by atoms with Gasteiger partial charge in [-0.3, -0.25) is 4.55 Å². The Balaban J connectivity index is 1.54. The zero-order valence-electron chi connectivity index (χ0n) is 16.9. The topological polar surface area (TPSA) is 89.9 Å². The molecule has 0 saturated carbocycles. The van der Waals surface area contributed by atoms with Gasteiger partial charge in [0.25, 0.3) is 10.1 Å². The van der Waals surface area contributed by atoms with Crippen LogP contribution in [0, 0.1) is 11.8 Å². The van der Waals surface area contributed by atoms with Crippen LogP contribution in [-0.2, 0) is 26.1 Å². The molecule has 0 radical (unpaired) electrons. The first kappa shape index (κ1) is 23.3. The first-order valence-corrected chi connectivity index (χ1v) is 11.9. The summed E-state index contributed by atoms with van der Waals surface area (Å²) in [6.07, 6.45) is 0.0389. The summed E-state index contributed by atoms with van der Waals surface area (Å²) in [4.78, 5) is 12.0. The van der Waals surface area contributed by atoms with Crippen LogP contribution in [0.25, 0.3) is 0 Å². The Morgan fingerprint density at radius 2 is 1.61 bits per heavy atom. The summed E-state index contributed by atoms with van der Waals surface area (Å²) in [5, 5.41) is -0.493. The number of halogens is 2. The van der Waals surface area contributed by atoms with Gasteiger partial charge in [-0.25, -0.2) is 4.79 Å². The fourth-order valence-corrected chi connectivity index (χ4v) is 4.63. The maximum absolute atomic E-state index is 12.5. The number of hydrogen-bond donors (Lipinski definition) is 1. The first-order chi connectivity index (χ1) is 15.7. The highest BCUT2D eigenvalue weighted by molar-refractivity contribution is 7.85. The molecular formula is C24H16Cl2O6S. The highest BCUT2D eigenvalue weighted by atomic mass is 35.5. The molecule has 0 fully saturated rings. The van der Waals surface area contributed by atoms with E-state index in [1.165, 1.54) is 0 Å². The molecule has 0 spiro atoms. The van der Waals surface area contributed by atoms with Gasteiger partial charge in [-0.05, 0) is 35.4 Å². The number of carbonyl (C=O) groups is 1. The molecule has 33 heavy (non-hydrogen) atoms. The lowest BCUT2D eigenvalue weighted by Gasteiger charge is -2.21. The van der Waals surface area contributed by atoms with Crippen molar-refractivity contribution in [1.82, 2.24) is 0 Å². The Morgan fingerprint density at radius 3 is 2.30 bits per heavy atom.